The molecule has 7 nitrogen and oxygen atoms in total. The molecule has 2 aromatic heterocycles. The molecule has 2 N–H and O–H groups in total. The van der Waals surface area contributed by atoms with Gasteiger partial charge in [-0.25, -0.2) is 4.98 Å². The van der Waals surface area contributed by atoms with Crippen molar-refractivity contribution in [3.63, 3.8) is 0 Å². The van der Waals surface area contributed by atoms with Crippen molar-refractivity contribution < 1.29 is 4.79 Å². The van der Waals surface area contributed by atoms with E-state index in [1.165, 1.54) is 16.3 Å². The molecule has 0 saturated carbocycles. The third-order valence-corrected chi connectivity index (χ3v) is 6.56. The molecule has 0 spiro atoms. The van der Waals surface area contributed by atoms with E-state index in [2.05, 4.69) is 34.3 Å². The lowest BCUT2D eigenvalue weighted by Gasteiger charge is -2.14. The van der Waals surface area contributed by atoms with Crippen molar-refractivity contribution in [2.45, 2.75) is 24.9 Å². The maximum Gasteiger partial charge on any atom is 0.269 e. The average Bonchev–Trinajstić information content (AvgIpc) is 3.24. The number of nitrogens with one attached hydrogen (secondary N) is 2. The van der Waals surface area contributed by atoms with E-state index in [0.29, 0.717) is 38.5 Å². The van der Waals surface area contributed by atoms with E-state index >= 15 is 0 Å². The number of fused-ring (bicyclic) bond motifs is 1. The monoisotopic (exact) mass is 487 g/mol. The average molecular weight is 488 g/mol. The maximum atomic E-state index is 13.1. The number of benzene rings is 2. The SMILES string of the molecule is CC(C)c1ccc(NC(=O)CSc2nc3[nH]ncc3c(=O)n2-c2cccc(Cl)c2Cl)cc1. The second kappa shape index (κ2) is 9.36. The summed E-state index contributed by atoms with van der Waals surface area (Å²) in [4.78, 5) is 30.2. The Morgan fingerprint density at radius 3 is 2.66 bits per heavy atom. The highest BCUT2D eigenvalue weighted by Gasteiger charge is 2.18. The third-order valence-electron chi connectivity index (χ3n) is 4.82. The van der Waals surface area contributed by atoms with Crippen LogP contribution in [0.3, 0.4) is 0 Å². The summed E-state index contributed by atoms with van der Waals surface area (Å²) >= 11 is 13.6. The van der Waals surface area contributed by atoms with Crippen molar-refractivity contribution in [3.05, 3.63) is 74.6 Å². The van der Waals surface area contributed by atoms with Crippen LogP contribution in [0.15, 0.2) is 58.6 Å². The molecule has 0 bridgehead atoms. The van der Waals surface area contributed by atoms with E-state index in [9.17, 15) is 9.59 Å². The highest BCUT2D eigenvalue weighted by Crippen LogP contribution is 2.30. The number of aromatic nitrogens is 4. The van der Waals surface area contributed by atoms with Gasteiger partial charge in [-0.15, -0.1) is 0 Å². The number of nitrogens with zero attached hydrogens (tertiary/aromatic N) is 3. The van der Waals surface area contributed by atoms with Gasteiger partial charge in [-0.2, -0.15) is 5.10 Å². The molecule has 0 fully saturated rings. The molecular formula is C22H19Cl2N5O2S. The Morgan fingerprint density at radius 1 is 1.19 bits per heavy atom. The van der Waals surface area contributed by atoms with Gasteiger partial charge in [0.15, 0.2) is 10.8 Å². The number of carbonyl (C=O) groups is 1. The third kappa shape index (κ3) is 4.53. The minimum atomic E-state index is -0.361. The van der Waals surface area contributed by atoms with Crippen LogP contribution in [0.2, 0.25) is 10.0 Å². The summed E-state index contributed by atoms with van der Waals surface area (Å²) in [6, 6.07) is 12.7. The summed E-state index contributed by atoms with van der Waals surface area (Å²) < 4.78 is 1.35. The minimum absolute atomic E-state index is 0.0379. The fraction of sp³-hybridized carbons (Fsp3) is 0.182. The lowest BCUT2D eigenvalue weighted by Crippen LogP contribution is -2.23. The van der Waals surface area contributed by atoms with E-state index in [0.717, 1.165) is 11.8 Å². The largest absolute Gasteiger partial charge is 0.325 e. The van der Waals surface area contributed by atoms with Crippen molar-refractivity contribution in [3.8, 4) is 5.69 Å². The van der Waals surface area contributed by atoms with E-state index in [1.807, 2.05) is 24.3 Å². The van der Waals surface area contributed by atoms with Crippen LogP contribution >= 0.6 is 35.0 Å². The maximum absolute atomic E-state index is 13.1. The molecule has 0 atom stereocenters. The van der Waals surface area contributed by atoms with Gasteiger partial charge in [0.25, 0.3) is 5.56 Å². The second-order valence-electron chi connectivity index (χ2n) is 7.35. The van der Waals surface area contributed by atoms with Crippen LogP contribution in [-0.2, 0) is 4.79 Å². The number of H-pyrrole nitrogens is 1. The predicted octanol–water partition coefficient (Wildman–Crippen LogP) is 5.27. The van der Waals surface area contributed by atoms with Crippen molar-refractivity contribution in [2.24, 2.45) is 0 Å². The summed E-state index contributed by atoms with van der Waals surface area (Å²) in [5.74, 6) is 0.222. The smallest absolute Gasteiger partial charge is 0.269 e. The van der Waals surface area contributed by atoms with Gasteiger partial charge >= 0.3 is 0 Å². The molecule has 0 radical (unpaired) electrons. The number of hydrogen-bond donors (Lipinski definition) is 2. The fourth-order valence-electron chi connectivity index (χ4n) is 3.13. The molecule has 2 aromatic carbocycles. The summed E-state index contributed by atoms with van der Waals surface area (Å²) in [6.07, 6.45) is 1.40. The van der Waals surface area contributed by atoms with Gasteiger partial charge in [-0.3, -0.25) is 19.3 Å². The molecular weight excluding hydrogens is 469 g/mol. The fourth-order valence-corrected chi connectivity index (χ4v) is 4.31. The lowest BCUT2D eigenvalue weighted by atomic mass is 10.0. The second-order valence-corrected chi connectivity index (χ2v) is 9.08. The zero-order valence-corrected chi connectivity index (χ0v) is 19.6. The molecule has 164 valence electrons. The zero-order chi connectivity index (χ0) is 22.8. The molecule has 0 unspecified atom stereocenters. The number of hydrogen-bond acceptors (Lipinski definition) is 5. The molecule has 0 saturated heterocycles. The Bertz CT molecular complexity index is 1350. The van der Waals surface area contributed by atoms with Gasteiger partial charge in [0, 0.05) is 5.69 Å². The first-order valence-electron chi connectivity index (χ1n) is 9.78. The molecule has 0 aliphatic carbocycles. The lowest BCUT2D eigenvalue weighted by molar-refractivity contribution is -0.113. The summed E-state index contributed by atoms with van der Waals surface area (Å²) in [6.45, 7) is 4.22. The Morgan fingerprint density at radius 2 is 1.94 bits per heavy atom. The van der Waals surface area contributed by atoms with E-state index in [-0.39, 0.29) is 22.2 Å². The van der Waals surface area contributed by atoms with Crippen LogP contribution in [0, 0.1) is 0 Å². The number of anilines is 1. The van der Waals surface area contributed by atoms with E-state index < -0.39 is 0 Å². The molecule has 0 aliphatic rings. The first kappa shape index (κ1) is 22.4. The van der Waals surface area contributed by atoms with E-state index in [4.69, 9.17) is 23.2 Å². The number of amides is 1. The quantitative estimate of drug-likeness (QED) is 0.285. The Labute approximate surface area is 198 Å². The van der Waals surface area contributed by atoms with Gasteiger partial charge in [0.05, 0.1) is 27.7 Å². The Kier molecular flexibility index (Phi) is 6.55. The minimum Gasteiger partial charge on any atom is -0.325 e. The van der Waals surface area contributed by atoms with Crippen LogP contribution in [0.1, 0.15) is 25.3 Å². The number of halogens is 2. The van der Waals surface area contributed by atoms with Crippen LogP contribution in [0.4, 0.5) is 5.69 Å². The first-order chi connectivity index (χ1) is 15.3. The number of carbonyl (C=O) groups excluding carboxylic acids is 1. The number of rotatable bonds is 6. The molecule has 1 amide bonds. The molecule has 0 aliphatic heterocycles. The Hall–Kier alpha value is -2.81. The van der Waals surface area contributed by atoms with Crippen LogP contribution < -0.4 is 10.9 Å². The molecule has 32 heavy (non-hydrogen) atoms. The Balaban J connectivity index is 1.62. The van der Waals surface area contributed by atoms with E-state index in [1.54, 1.807) is 18.2 Å². The molecule has 4 rings (SSSR count). The highest BCUT2D eigenvalue weighted by molar-refractivity contribution is 7.99. The van der Waals surface area contributed by atoms with Crippen LogP contribution in [-0.4, -0.2) is 31.4 Å². The topological polar surface area (TPSA) is 92.7 Å². The summed E-state index contributed by atoms with van der Waals surface area (Å²) in [7, 11) is 0. The standard InChI is InChI=1S/C22H19Cl2N5O2S/c1-12(2)13-6-8-14(9-7-13)26-18(30)11-32-22-27-20-15(10-25-28-20)21(31)29(22)17-5-3-4-16(23)19(17)24/h3-10,12H,11H2,1-2H3,(H,25,28)(H,26,30). The van der Waals surface area contributed by atoms with Gasteiger partial charge in [-0.1, -0.05) is 67.0 Å². The van der Waals surface area contributed by atoms with Crippen LogP contribution in [0.5, 0.6) is 0 Å². The van der Waals surface area contributed by atoms with Gasteiger partial charge in [0.2, 0.25) is 5.91 Å². The predicted molar refractivity (Wildman–Crippen MR) is 129 cm³/mol. The van der Waals surface area contributed by atoms with Crippen LogP contribution in [0.25, 0.3) is 16.7 Å². The molecule has 10 heteroatoms. The van der Waals surface area contributed by atoms with Gasteiger partial charge in [0.1, 0.15) is 5.39 Å². The van der Waals surface area contributed by atoms with Crippen molar-refractivity contribution in [2.75, 3.05) is 11.1 Å². The van der Waals surface area contributed by atoms with Crippen molar-refractivity contribution in [1.82, 2.24) is 19.7 Å². The summed E-state index contributed by atoms with van der Waals surface area (Å²) in [5, 5.41) is 10.6. The van der Waals surface area contributed by atoms with Crippen molar-refractivity contribution >= 4 is 57.6 Å². The number of thioether (sulfide) groups is 1. The number of aromatic amines is 1. The molecule has 2 heterocycles. The van der Waals surface area contributed by atoms with Crippen molar-refractivity contribution in [1.29, 1.82) is 0 Å². The van der Waals surface area contributed by atoms with Gasteiger partial charge in [-0.05, 0) is 35.7 Å². The zero-order valence-electron chi connectivity index (χ0n) is 17.2. The molecule has 4 aromatic rings. The first-order valence-corrected chi connectivity index (χ1v) is 11.5. The van der Waals surface area contributed by atoms with Gasteiger partial charge < -0.3 is 5.32 Å². The highest BCUT2D eigenvalue weighted by atomic mass is 35.5. The normalized spacial score (nSPS) is 11.3. The summed E-state index contributed by atoms with van der Waals surface area (Å²) in [5.41, 5.74) is 2.24.